The minimum atomic E-state index is -0.0290. The molecule has 0 bridgehead atoms. The summed E-state index contributed by atoms with van der Waals surface area (Å²) < 4.78 is 0. The van der Waals surface area contributed by atoms with Crippen molar-refractivity contribution in [3.8, 4) is 0 Å². The Morgan fingerprint density at radius 3 is 2.61 bits per heavy atom. The molecule has 0 aliphatic rings. The number of aromatic nitrogens is 1. The van der Waals surface area contributed by atoms with Gasteiger partial charge in [-0.2, -0.15) is 0 Å². The predicted molar refractivity (Wildman–Crippen MR) is 96.0 cm³/mol. The molecule has 0 saturated heterocycles. The van der Waals surface area contributed by atoms with E-state index in [2.05, 4.69) is 24.1 Å². The first-order valence-corrected chi connectivity index (χ1v) is 8.17. The maximum Gasteiger partial charge on any atom is 0.259 e. The third kappa shape index (κ3) is 4.81. The van der Waals surface area contributed by atoms with Gasteiger partial charge in [0.15, 0.2) is 0 Å². The molecular weight excluding hydrogens is 286 g/mol. The van der Waals surface area contributed by atoms with Gasteiger partial charge in [-0.1, -0.05) is 32.0 Å². The Bertz CT molecular complexity index is 626. The molecule has 122 valence electrons. The molecule has 4 nitrogen and oxygen atoms in total. The Morgan fingerprint density at radius 2 is 1.96 bits per heavy atom. The van der Waals surface area contributed by atoms with Crippen LogP contribution in [-0.4, -0.2) is 24.0 Å². The molecule has 0 radical (unpaired) electrons. The van der Waals surface area contributed by atoms with Crippen molar-refractivity contribution in [2.75, 3.05) is 23.3 Å². The minimum Gasteiger partial charge on any atom is -0.384 e. The number of hydrogen-bond acceptors (Lipinski definition) is 3. The average Bonchev–Trinajstić information content (AvgIpc) is 2.56. The highest BCUT2D eigenvalue weighted by Gasteiger charge is 2.16. The molecule has 4 heteroatoms. The third-order valence-corrected chi connectivity index (χ3v) is 3.67. The zero-order valence-electron chi connectivity index (χ0n) is 14.1. The summed E-state index contributed by atoms with van der Waals surface area (Å²) in [5.41, 5.74) is 2.39. The molecule has 1 amide bonds. The van der Waals surface area contributed by atoms with E-state index in [0.717, 1.165) is 24.3 Å². The molecule has 2 rings (SSSR count). The Labute approximate surface area is 138 Å². The van der Waals surface area contributed by atoms with E-state index >= 15 is 0 Å². The van der Waals surface area contributed by atoms with Gasteiger partial charge in [-0.3, -0.25) is 9.78 Å². The second kappa shape index (κ2) is 8.32. The predicted octanol–water partition coefficient (Wildman–Crippen LogP) is 4.21. The molecule has 0 fully saturated rings. The fourth-order valence-corrected chi connectivity index (χ4v) is 2.37. The Hall–Kier alpha value is -2.36. The van der Waals surface area contributed by atoms with Gasteiger partial charge in [-0.05, 0) is 37.5 Å². The third-order valence-electron chi connectivity index (χ3n) is 3.67. The first-order valence-electron chi connectivity index (χ1n) is 8.17. The van der Waals surface area contributed by atoms with Crippen molar-refractivity contribution in [3.05, 3.63) is 54.4 Å². The van der Waals surface area contributed by atoms with Gasteiger partial charge in [0.2, 0.25) is 0 Å². The lowest BCUT2D eigenvalue weighted by Gasteiger charge is -2.21. The Balaban J connectivity index is 2.12. The van der Waals surface area contributed by atoms with Crippen molar-refractivity contribution < 1.29 is 4.79 Å². The van der Waals surface area contributed by atoms with E-state index in [0.29, 0.717) is 18.0 Å². The molecule has 2 aromatic rings. The summed E-state index contributed by atoms with van der Waals surface area (Å²) in [6.07, 6.45) is 4.47. The number of carbonyl (C=O) groups is 1. The van der Waals surface area contributed by atoms with Crippen molar-refractivity contribution in [1.29, 1.82) is 0 Å². The number of rotatable bonds is 7. The van der Waals surface area contributed by atoms with Crippen LogP contribution in [0.2, 0.25) is 0 Å². The molecule has 0 atom stereocenters. The SMILES string of the molecule is CCN(C(=O)c1cncc(NCCC(C)C)c1)c1ccccc1. The van der Waals surface area contributed by atoms with E-state index in [-0.39, 0.29) is 5.91 Å². The van der Waals surface area contributed by atoms with Gasteiger partial charge in [-0.15, -0.1) is 0 Å². The molecule has 1 N–H and O–H groups in total. The first-order chi connectivity index (χ1) is 11.1. The lowest BCUT2D eigenvalue weighted by molar-refractivity contribution is 0.0988. The molecule has 1 heterocycles. The normalized spacial score (nSPS) is 10.6. The number of amides is 1. The van der Waals surface area contributed by atoms with Crippen LogP contribution < -0.4 is 10.2 Å². The number of para-hydroxylation sites is 1. The van der Waals surface area contributed by atoms with Crippen LogP contribution in [0, 0.1) is 5.92 Å². The maximum absolute atomic E-state index is 12.8. The number of carbonyl (C=O) groups excluding carboxylic acids is 1. The van der Waals surface area contributed by atoms with Gasteiger partial charge in [0.25, 0.3) is 5.91 Å². The van der Waals surface area contributed by atoms with Crippen molar-refractivity contribution >= 4 is 17.3 Å². The van der Waals surface area contributed by atoms with Gasteiger partial charge in [0, 0.05) is 31.2 Å². The van der Waals surface area contributed by atoms with E-state index in [1.807, 2.05) is 43.3 Å². The number of nitrogens with zero attached hydrogens (tertiary/aromatic N) is 2. The summed E-state index contributed by atoms with van der Waals surface area (Å²) >= 11 is 0. The van der Waals surface area contributed by atoms with Crippen molar-refractivity contribution in [2.24, 2.45) is 5.92 Å². The summed E-state index contributed by atoms with van der Waals surface area (Å²) in [6, 6.07) is 11.6. The van der Waals surface area contributed by atoms with Gasteiger partial charge in [0.1, 0.15) is 0 Å². The van der Waals surface area contributed by atoms with Crippen LogP contribution in [0.15, 0.2) is 48.8 Å². The number of nitrogens with one attached hydrogen (secondary N) is 1. The van der Waals surface area contributed by atoms with Crippen LogP contribution in [0.4, 0.5) is 11.4 Å². The summed E-state index contributed by atoms with van der Waals surface area (Å²) in [4.78, 5) is 18.7. The number of pyridine rings is 1. The molecule has 1 aromatic heterocycles. The molecular formula is C19H25N3O. The molecule has 0 aliphatic carbocycles. The van der Waals surface area contributed by atoms with E-state index in [1.165, 1.54) is 0 Å². The molecule has 0 saturated carbocycles. The Morgan fingerprint density at radius 1 is 1.22 bits per heavy atom. The van der Waals surface area contributed by atoms with E-state index in [9.17, 15) is 4.79 Å². The highest BCUT2D eigenvalue weighted by Crippen LogP contribution is 2.18. The smallest absolute Gasteiger partial charge is 0.259 e. The van der Waals surface area contributed by atoms with Crippen LogP contribution in [0.3, 0.4) is 0 Å². The van der Waals surface area contributed by atoms with Gasteiger partial charge in [-0.25, -0.2) is 0 Å². The molecule has 0 spiro atoms. The van der Waals surface area contributed by atoms with E-state index in [1.54, 1.807) is 17.3 Å². The zero-order valence-corrected chi connectivity index (χ0v) is 14.1. The summed E-state index contributed by atoms with van der Waals surface area (Å²) in [7, 11) is 0. The molecule has 23 heavy (non-hydrogen) atoms. The second-order valence-electron chi connectivity index (χ2n) is 5.96. The van der Waals surface area contributed by atoms with Crippen molar-refractivity contribution in [3.63, 3.8) is 0 Å². The van der Waals surface area contributed by atoms with Crippen molar-refractivity contribution in [1.82, 2.24) is 4.98 Å². The fourth-order valence-electron chi connectivity index (χ4n) is 2.37. The zero-order chi connectivity index (χ0) is 16.7. The summed E-state index contributed by atoms with van der Waals surface area (Å²) in [5.74, 6) is 0.618. The fraction of sp³-hybridized carbons (Fsp3) is 0.368. The van der Waals surface area contributed by atoms with E-state index < -0.39 is 0 Å². The van der Waals surface area contributed by atoms with E-state index in [4.69, 9.17) is 0 Å². The largest absolute Gasteiger partial charge is 0.384 e. The topological polar surface area (TPSA) is 45.2 Å². The lowest BCUT2D eigenvalue weighted by Crippen LogP contribution is -2.30. The van der Waals surface area contributed by atoms with Crippen LogP contribution in [0.25, 0.3) is 0 Å². The van der Waals surface area contributed by atoms with Gasteiger partial charge < -0.3 is 10.2 Å². The van der Waals surface area contributed by atoms with Crippen LogP contribution >= 0.6 is 0 Å². The Kier molecular flexibility index (Phi) is 6.15. The average molecular weight is 311 g/mol. The number of anilines is 2. The molecule has 0 unspecified atom stereocenters. The van der Waals surface area contributed by atoms with Crippen LogP contribution in [0.1, 0.15) is 37.6 Å². The highest BCUT2D eigenvalue weighted by atomic mass is 16.2. The first kappa shape index (κ1) is 17.0. The quantitative estimate of drug-likeness (QED) is 0.833. The standard InChI is InChI=1S/C19H25N3O/c1-4-22(18-8-6-5-7-9-18)19(23)16-12-17(14-20-13-16)21-11-10-15(2)3/h5-9,12-15,21H,4,10-11H2,1-3H3. The maximum atomic E-state index is 12.8. The van der Waals surface area contributed by atoms with Crippen molar-refractivity contribution in [2.45, 2.75) is 27.2 Å². The highest BCUT2D eigenvalue weighted by molar-refractivity contribution is 6.06. The summed E-state index contributed by atoms with van der Waals surface area (Å²) in [6.45, 7) is 7.86. The lowest BCUT2D eigenvalue weighted by atomic mass is 10.1. The molecule has 1 aromatic carbocycles. The van der Waals surface area contributed by atoms with Crippen LogP contribution in [-0.2, 0) is 0 Å². The minimum absolute atomic E-state index is 0.0290. The van der Waals surface area contributed by atoms with Crippen LogP contribution in [0.5, 0.6) is 0 Å². The number of hydrogen-bond donors (Lipinski definition) is 1. The summed E-state index contributed by atoms with van der Waals surface area (Å²) in [5, 5.41) is 3.33. The number of benzene rings is 1. The van der Waals surface area contributed by atoms with Gasteiger partial charge in [0.05, 0.1) is 11.3 Å². The van der Waals surface area contributed by atoms with Gasteiger partial charge >= 0.3 is 0 Å². The second-order valence-corrected chi connectivity index (χ2v) is 5.96. The monoisotopic (exact) mass is 311 g/mol. The molecule has 0 aliphatic heterocycles.